The first-order valence-electron chi connectivity index (χ1n) is 5.36. The van der Waals surface area contributed by atoms with Gasteiger partial charge in [0.05, 0.1) is 0 Å². The van der Waals surface area contributed by atoms with E-state index in [1.165, 1.54) is 0 Å². The quantitative estimate of drug-likeness (QED) is 0.534. The molecule has 0 aromatic carbocycles. The van der Waals surface area contributed by atoms with Crippen molar-refractivity contribution < 1.29 is 13.3 Å². The van der Waals surface area contributed by atoms with Gasteiger partial charge in [0, 0.05) is 25.2 Å². The predicted octanol–water partition coefficient (Wildman–Crippen LogP) is 3.16. The minimum Gasteiger partial charge on any atom is -0.495 e. The molecule has 0 aliphatic rings. The van der Waals surface area contributed by atoms with E-state index in [4.69, 9.17) is 25.5 Å². The largest absolute Gasteiger partial charge is 0.563 e. The maximum atomic E-state index is 5.73. The third-order valence-corrected chi connectivity index (χ3v) is 4.42. The van der Waals surface area contributed by atoms with Crippen molar-refractivity contribution in [2.75, 3.05) is 0 Å². The van der Waals surface area contributed by atoms with E-state index in [1.807, 2.05) is 41.2 Å². The zero-order valence-electron chi connectivity index (χ0n) is 10.5. The molecule has 90 valence electrons. The summed E-state index contributed by atoms with van der Waals surface area (Å²) in [5, 5.41) is 0.561. The van der Waals surface area contributed by atoms with Crippen molar-refractivity contribution in [1.82, 2.24) is 0 Å². The van der Waals surface area contributed by atoms with Crippen LogP contribution in [0.3, 0.4) is 0 Å². The number of rotatable bonds is 6. The Morgan fingerprint density at radius 2 is 1.53 bits per heavy atom. The standard InChI is InChI=1S/C10H22O3SSi/c1-7-10(14)13-15(6,11-8(2)3)12-9(4)5/h8-9H,7H2,1-6H3. The van der Waals surface area contributed by atoms with Crippen molar-refractivity contribution in [2.24, 2.45) is 0 Å². The highest BCUT2D eigenvalue weighted by Crippen LogP contribution is 2.16. The monoisotopic (exact) mass is 250 g/mol. The second kappa shape index (κ2) is 6.58. The van der Waals surface area contributed by atoms with Crippen LogP contribution in [0.4, 0.5) is 0 Å². The number of hydrogen-bond donors (Lipinski definition) is 0. The van der Waals surface area contributed by atoms with Crippen molar-refractivity contribution in [2.45, 2.75) is 59.8 Å². The Bertz CT molecular complexity index is 197. The Balaban J connectivity index is 4.46. The van der Waals surface area contributed by atoms with E-state index in [0.717, 1.165) is 0 Å². The van der Waals surface area contributed by atoms with Crippen LogP contribution in [0.15, 0.2) is 0 Å². The summed E-state index contributed by atoms with van der Waals surface area (Å²) < 4.78 is 17.1. The van der Waals surface area contributed by atoms with Gasteiger partial charge in [-0.1, -0.05) is 6.92 Å². The average molecular weight is 250 g/mol. The summed E-state index contributed by atoms with van der Waals surface area (Å²) in [6, 6.07) is 0. The molecule has 0 unspecified atom stereocenters. The average Bonchev–Trinajstić information content (AvgIpc) is 1.99. The van der Waals surface area contributed by atoms with E-state index < -0.39 is 8.80 Å². The minimum atomic E-state index is -2.60. The van der Waals surface area contributed by atoms with Crippen LogP contribution in [-0.2, 0) is 13.3 Å². The first-order chi connectivity index (χ1) is 6.79. The normalized spacial score (nSPS) is 12.3. The van der Waals surface area contributed by atoms with Gasteiger partial charge in [-0.3, -0.25) is 0 Å². The Morgan fingerprint density at radius 1 is 1.13 bits per heavy atom. The summed E-state index contributed by atoms with van der Waals surface area (Å²) in [6.45, 7) is 11.7. The van der Waals surface area contributed by atoms with Gasteiger partial charge in [-0.25, -0.2) is 0 Å². The van der Waals surface area contributed by atoms with Crippen LogP contribution in [-0.4, -0.2) is 26.1 Å². The lowest BCUT2D eigenvalue weighted by atomic mass is 10.5. The molecule has 0 atom stereocenters. The Hall–Kier alpha value is 0.0269. The Morgan fingerprint density at radius 3 is 1.80 bits per heavy atom. The topological polar surface area (TPSA) is 27.7 Å². The molecule has 0 bridgehead atoms. The van der Waals surface area contributed by atoms with Crippen LogP contribution < -0.4 is 0 Å². The number of hydrogen-bond acceptors (Lipinski definition) is 4. The molecule has 0 saturated heterocycles. The first-order valence-corrected chi connectivity index (χ1v) is 8.00. The van der Waals surface area contributed by atoms with Gasteiger partial charge in [0.15, 0.2) is 0 Å². The predicted molar refractivity (Wildman–Crippen MR) is 68.0 cm³/mol. The van der Waals surface area contributed by atoms with Gasteiger partial charge < -0.3 is 13.3 Å². The lowest BCUT2D eigenvalue weighted by molar-refractivity contribution is 0.0576. The van der Waals surface area contributed by atoms with Crippen LogP contribution in [0.1, 0.15) is 41.0 Å². The smallest absolute Gasteiger partial charge is 0.495 e. The van der Waals surface area contributed by atoms with Gasteiger partial charge in [-0.15, -0.1) is 0 Å². The van der Waals surface area contributed by atoms with Crippen LogP contribution in [0.25, 0.3) is 0 Å². The van der Waals surface area contributed by atoms with E-state index in [1.54, 1.807) is 0 Å². The van der Waals surface area contributed by atoms with Crippen LogP contribution in [0.5, 0.6) is 0 Å². The molecule has 0 aromatic heterocycles. The molecular formula is C10H22O3SSi. The Labute approximate surface area is 99.5 Å². The lowest BCUT2D eigenvalue weighted by Crippen LogP contribution is -2.47. The molecule has 0 spiro atoms. The van der Waals surface area contributed by atoms with Crippen LogP contribution >= 0.6 is 12.2 Å². The van der Waals surface area contributed by atoms with E-state index >= 15 is 0 Å². The summed E-state index contributed by atoms with van der Waals surface area (Å²) in [7, 11) is -2.60. The van der Waals surface area contributed by atoms with E-state index in [9.17, 15) is 0 Å². The summed E-state index contributed by atoms with van der Waals surface area (Å²) in [5.41, 5.74) is 0. The molecule has 0 rings (SSSR count). The SMILES string of the molecule is CCC(=S)O[Si](C)(OC(C)C)OC(C)C. The van der Waals surface area contributed by atoms with Crippen molar-refractivity contribution >= 4 is 26.1 Å². The molecule has 0 fully saturated rings. The maximum Gasteiger partial charge on any atom is 0.563 e. The van der Waals surface area contributed by atoms with Gasteiger partial charge in [-0.05, 0) is 39.9 Å². The highest BCUT2D eigenvalue weighted by atomic mass is 32.1. The molecule has 0 N–H and O–H groups in total. The second-order valence-corrected chi connectivity index (χ2v) is 6.88. The fourth-order valence-electron chi connectivity index (χ4n) is 1.21. The van der Waals surface area contributed by atoms with Crippen molar-refractivity contribution in [3.05, 3.63) is 0 Å². The van der Waals surface area contributed by atoms with E-state index in [2.05, 4.69) is 0 Å². The molecule has 0 heterocycles. The minimum absolute atomic E-state index is 0.0834. The second-order valence-electron chi connectivity index (χ2n) is 4.02. The van der Waals surface area contributed by atoms with Gasteiger partial charge in [0.25, 0.3) is 0 Å². The summed E-state index contributed by atoms with van der Waals surface area (Å²) in [6.07, 6.45) is 0.876. The third kappa shape index (κ3) is 7.00. The molecule has 0 aromatic rings. The molecule has 3 nitrogen and oxygen atoms in total. The first kappa shape index (κ1) is 15.0. The molecule has 0 amide bonds. The summed E-state index contributed by atoms with van der Waals surface area (Å²) in [5.74, 6) is 0. The lowest BCUT2D eigenvalue weighted by Gasteiger charge is -2.30. The van der Waals surface area contributed by atoms with E-state index in [0.29, 0.717) is 11.5 Å². The molecule has 0 aliphatic heterocycles. The zero-order valence-corrected chi connectivity index (χ0v) is 12.3. The zero-order chi connectivity index (χ0) is 12.1. The highest BCUT2D eigenvalue weighted by molar-refractivity contribution is 7.80. The van der Waals surface area contributed by atoms with Crippen LogP contribution in [0.2, 0.25) is 6.55 Å². The summed E-state index contributed by atoms with van der Waals surface area (Å²) in [4.78, 5) is 0. The van der Waals surface area contributed by atoms with Gasteiger partial charge in [-0.2, -0.15) is 0 Å². The molecule has 15 heavy (non-hydrogen) atoms. The fourth-order valence-corrected chi connectivity index (χ4v) is 4.09. The third-order valence-electron chi connectivity index (χ3n) is 1.49. The molecule has 0 saturated carbocycles. The Kier molecular flexibility index (Phi) is 6.59. The van der Waals surface area contributed by atoms with Crippen LogP contribution in [0, 0.1) is 0 Å². The molecule has 0 aliphatic carbocycles. The van der Waals surface area contributed by atoms with Gasteiger partial charge in [0.2, 0.25) is 0 Å². The molecular weight excluding hydrogens is 228 g/mol. The van der Waals surface area contributed by atoms with Crippen molar-refractivity contribution in [1.29, 1.82) is 0 Å². The van der Waals surface area contributed by atoms with Gasteiger partial charge >= 0.3 is 8.80 Å². The highest BCUT2D eigenvalue weighted by Gasteiger charge is 2.40. The van der Waals surface area contributed by atoms with Crippen molar-refractivity contribution in [3.8, 4) is 0 Å². The summed E-state index contributed by atoms with van der Waals surface area (Å²) >= 11 is 5.06. The maximum absolute atomic E-state index is 5.73. The van der Waals surface area contributed by atoms with Gasteiger partial charge in [0.1, 0.15) is 5.05 Å². The van der Waals surface area contributed by atoms with Crippen molar-refractivity contribution in [3.63, 3.8) is 0 Å². The van der Waals surface area contributed by atoms with E-state index in [-0.39, 0.29) is 12.2 Å². The molecule has 0 radical (unpaired) electrons. The fraction of sp³-hybridized carbons (Fsp3) is 0.900. The number of thiocarbonyl (C=S) groups is 1. The molecule has 5 heteroatoms.